The lowest BCUT2D eigenvalue weighted by molar-refractivity contribution is 0.0954. The van der Waals surface area contributed by atoms with E-state index in [1.807, 2.05) is 18.2 Å². The molecular formula is C12H13NO. The van der Waals surface area contributed by atoms with Crippen molar-refractivity contribution in [3.8, 4) is 11.8 Å². The van der Waals surface area contributed by atoms with E-state index in [1.54, 1.807) is 19.1 Å². The molecule has 14 heavy (non-hydrogen) atoms. The van der Waals surface area contributed by atoms with Crippen molar-refractivity contribution < 1.29 is 4.79 Å². The molecule has 1 aromatic rings. The lowest BCUT2D eigenvalue weighted by Gasteiger charge is -2.01. The van der Waals surface area contributed by atoms with Crippen LogP contribution in [0.25, 0.3) is 0 Å². The van der Waals surface area contributed by atoms with Gasteiger partial charge in [0, 0.05) is 18.5 Å². The third kappa shape index (κ3) is 3.32. The fourth-order valence-corrected chi connectivity index (χ4v) is 1.06. The van der Waals surface area contributed by atoms with Gasteiger partial charge in [-0.2, -0.15) is 0 Å². The minimum atomic E-state index is -0.0384. The van der Waals surface area contributed by atoms with E-state index in [-0.39, 0.29) is 5.91 Å². The number of rotatable bonds is 3. The second kappa shape index (κ2) is 5.82. The minimum absolute atomic E-state index is 0.0384. The number of hydrogen-bond donors (Lipinski definition) is 1. The molecule has 72 valence electrons. The Morgan fingerprint density at radius 3 is 2.71 bits per heavy atom. The Labute approximate surface area is 84.3 Å². The maximum absolute atomic E-state index is 11.4. The van der Waals surface area contributed by atoms with E-state index in [0.717, 1.165) is 0 Å². The lowest BCUT2D eigenvalue weighted by atomic mass is 10.2. The van der Waals surface area contributed by atoms with E-state index in [9.17, 15) is 4.79 Å². The Kier molecular flexibility index (Phi) is 4.30. The summed E-state index contributed by atoms with van der Waals surface area (Å²) in [6, 6.07) is 9.17. The molecule has 1 amide bonds. The molecule has 0 radical (unpaired) electrons. The third-order valence-corrected chi connectivity index (χ3v) is 1.75. The third-order valence-electron chi connectivity index (χ3n) is 1.75. The largest absolute Gasteiger partial charge is 0.351 e. The smallest absolute Gasteiger partial charge is 0.251 e. The Morgan fingerprint density at radius 2 is 2.07 bits per heavy atom. The summed E-state index contributed by atoms with van der Waals surface area (Å²) in [6.07, 6.45) is 0.703. The zero-order chi connectivity index (χ0) is 10.2. The van der Waals surface area contributed by atoms with Crippen LogP contribution in [0.5, 0.6) is 0 Å². The maximum atomic E-state index is 11.4. The van der Waals surface area contributed by atoms with Crippen LogP contribution in [0.15, 0.2) is 30.3 Å². The van der Waals surface area contributed by atoms with E-state index in [2.05, 4.69) is 17.2 Å². The van der Waals surface area contributed by atoms with E-state index < -0.39 is 0 Å². The topological polar surface area (TPSA) is 29.1 Å². The van der Waals surface area contributed by atoms with Crippen molar-refractivity contribution >= 4 is 5.91 Å². The number of nitrogens with one attached hydrogen (secondary N) is 1. The Balaban J connectivity index is 2.39. The van der Waals surface area contributed by atoms with Gasteiger partial charge in [-0.25, -0.2) is 0 Å². The maximum Gasteiger partial charge on any atom is 0.251 e. The molecule has 0 unspecified atom stereocenters. The van der Waals surface area contributed by atoms with Crippen LogP contribution in [-0.4, -0.2) is 12.5 Å². The first kappa shape index (κ1) is 10.3. The molecule has 2 nitrogen and oxygen atoms in total. The van der Waals surface area contributed by atoms with Crippen molar-refractivity contribution in [3.63, 3.8) is 0 Å². The van der Waals surface area contributed by atoms with Crippen LogP contribution in [0.3, 0.4) is 0 Å². The van der Waals surface area contributed by atoms with Crippen molar-refractivity contribution in [1.29, 1.82) is 0 Å². The minimum Gasteiger partial charge on any atom is -0.351 e. The average Bonchev–Trinajstić information content (AvgIpc) is 2.25. The molecule has 2 heteroatoms. The highest BCUT2D eigenvalue weighted by Gasteiger charge is 2.01. The summed E-state index contributed by atoms with van der Waals surface area (Å²) in [7, 11) is 0. The predicted octanol–water partition coefficient (Wildman–Crippen LogP) is 1.83. The van der Waals surface area contributed by atoms with Gasteiger partial charge < -0.3 is 5.32 Å². The summed E-state index contributed by atoms with van der Waals surface area (Å²) in [4.78, 5) is 11.4. The fourth-order valence-electron chi connectivity index (χ4n) is 1.06. The van der Waals surface area contributed by atoms with Crippen LogP contribution in [0.4, 0.5) is 0 Å². The highest BCUT2D eigenvalue weighted by Crippen LogP contribution is 1.97. The summed E-state index contributed by atoms with van der Waals surface area (Å²) in [5, 5.41) is 2.79. The monoisotopic (exact) mass is 187 g/mol. The Morgan fingerprint density at radius 1 is 1.36 bits per heavy atom. The lowest BCUT2D eigenvalue weighted by Crippen LogP contribution is -2.23. The van der Waals surface area contributed by atoms with Gasteiger partial charge in [0.1, 0.15) is 0 Å². The second-order valence-corrected chi connectivity index (χ2v) is 2.80. The molecule has 0 atom stereocenters. The van der Waals surface area contributed by atoms with E-state index in [1.165, 1.54) is 0 Å². The quantitative estimate of drug-likeness (QED) is 0.567. The number of carbonyl (C=O) groups is 1. The van der Waals surface area contributed by atoms with Gasteiger partial charge in [0.25, 0.3) is 5.91 Å². The molecule has 0 saturated heterocycles. The van der Waals surface area contributed by atoms with E-state index in [4.69, 9.17) is 0 Å². The normalized spacial score (nSPS) is 8.64. The van der Waals surface area contributed by atoms with Gasteiger partial charge in [0.05, 0.1) is 0 Å². The molecule has 0 bridgehead atoms. The number of carbonyl (C=O) groups excluding carboxylic acids is 1. The van der Waals surface area contributed by atoms with Gasteiger partial charge in [-0.05, 0) is 19.1 Å². The van der Waals surface area contributed by atoms with Crippen LogP contribution in [0.2, 0.25) is 0 Å². The molecule has 0 aromatic heterocycles. The number of hydrogen-bond acceptors (Lipinski definition) is 1. The first-order valence-corrected chi connectivity index (χ1v) is 4.57. The molecule has 0 aliphatic carbocycles. The van der Waals surface area contributed by atoms with Crippen molar-refractivity contribution in [2.75, 3.05) is 6.54 Å². The summed E-state index contributed by atoms with van der Waals surface area (Å²) < 4.78 is 0. The first-order valence-electron chi connectivity index (χ1n) is 4.57. The molecule has 1 aromatic carbocycles. The molecule has 1 rings (SSSR count). The van der Waals surface area contributed by atoms with Crippen molar-refractivity contribution in [2.24, 2.45) is 0 Å². The summed E-state index contributed by atoms with van der Waals surface area (Å²) in [5.41, 5.74) is 0.692. The fraction of sp³-hybridized carbons (Fsp3) is 0.250. The van der Waals surface area contributed by atoms with Gasteiger partial charge >= 0.3 is 0 Å². The Bertz CT molecular complexity index is 346. The highest BCUT2D eigenvalue weighted by molar-refractivity contribution is 5.94. The molecule has 0 aliphatic heterocycles. The Hall–Kier alpha value is -1.75. The standard InChI is InChI=1S/C12H13NO/c1-2-3-7-10-13-12(14)11-8-5-4-6-9-11/h4-6,8-9H,7,10H2,1H3,(H,13,14). The molecule has 1 N–H and O–H groups in total. The van der Waals surface area contributed by atoms with E-state index >= 15 is 0 Å². The van der Waals surface area contributed by atoms with Crippen LogP contribution in [0.1, 0.15) is 23.7 Å². The zero-order valence-electron chi connectivity index (χ0n) is 8.21. The molecule has 0 spiro atoms. The first-order chi connectivity index (χ1) is 6.84. The summed E-state index contributed by atoms with van der Waals surface area (Å²) >= 11 is 0. The van der Waals surface area contributed by atoms with Crippen LogP contribution >= 0.6 is 0 Å². The zero-order valence-corrected chi connectivity index (χ0v) is 8.21. The summed E-state index contributed by atoms with van der Waals surface area (Å²) in [5.74, 6) is 5.63. The van der Waals surface area contributed by atoms with Crippen molar-refractivity contribution in [2.45, 2.75) is 13.3 Å². The van der Waals surface area contributed by atoms with Gasteiger partial charge in [-0.1, -0.05) is 18.2 Å². The van der Waals surface area contributed by atoms with Gasteiger partial charge in [-0.15, -0.1) is 11.8 Å². The van der Waals surface area contributed by atoms with Crippen LogP contribution in [-0.2, 0) is 0 Å². The highest BCUT2D eigenvalue weighted by atomic mass is 16.1. The van der Waals surface area contributed by atoms with Gasteiger partial charge in [0.2, 0.25) is 0 Å². The molecule has 0 aliphatic rings. The SMILES string of the molecule is CC#CCCNC(=O)c1ccccc1. The van der Waals surface area contributed by atoms with Crippen LogP contribution < -0.4 is 5.32 Å². The van der Waals surface area contributed by atoms with Crippen molar-refractivity contribution in [1.82, 2.24) is 5.32 Å². The van der Waals surface area contributed by atoms with Gasteiger partial charge in [-0.3, -0.25) is 4.79 Å². The average molecular weight is 187 g/mol. The molecule has 0 heterocycles. The molecule has 0 fully saturated rings. The summed E-state index contributed by atoms with van der Waals surface area (Å²) in [6.45, 7) is 2.40. The molecular weight excluding hydrogens is 174 g/mol. The number of amides is 1. The van der Waals surface area contributed by atoms with Crippen molar-refractivity contribution in [3.05, 3.63) is 35.9 Å². The second-order valence-electron chi connectivity index (χ2n) is 2.80. The van der Waals surface area contributed by atoms with Gasteiger partial charge in [0.15, 0.2) is 0 Å². The molecule has 0 saturated carbocycles. The number of benzene rings is 1. The predicted molar refractivity (Wildman–Crippen MR) is 56.8 cm³/mol. The van der Waals surface area contributed by atoms with Crippen LogP contribution in [0, 0.1) is 11.8 Å². The van der Waals surface area contributed by atoms with E-state index in [0.29, 0.717) is 18.5 Å².